The molecule has 0 spiro atoms. The monoisotopic (exact) mass is 609 g/mol. The van der Waals surface area contributed by atoms with Crippen molar-refractivity contribution in [3.8, 4) is 28.3 Å². The van der Waals surface area contributed by atoms with Gasteiger partial charge >= 0.3 is 0 Å². The Labute approximate surface area is 281 Å². The van der Waals surface area contributed by atoms with Gasteiger partial charge in [0.05, 0.1) is 11.6 Å². The van der Waals surface area contributed by atoms with E-state index >= 15 is 0 Å². The molecular formula is C47H31N. The molecule has 0 aliphatic heterocycles. The molecule has 0 amide bonds. The topological polar surface area (TPSA) is 23.8 Å². The molecule has 1 nitrogen and oxygen atoms in total. The second kappa shape index (κ2) is 12.7. The van der Waals surface area contributed by atoms with E-state index in [2.05, 4.69) is 176 Å². The smallest absolute Gasteiger partial charge is 0.0991 e. The van der Waals surface area contributed by atoms with E-state index in [-0.39, 0.29) is 0 Å². The molecule has 0 atom stereocenters. The molecule has 0 unspecified atom stereocenters. The second-order valence-corrected chi connectivity index (χ2v) is 12.0. The van der Waals surface area contributed by atoms with Gasteiger partial charge in [0.2, 0.25) is 0 Å². The van der Waals surface area contributed by atoms with Gasteiger partial charge in [-0.05, 0) is 89.3 Å². The minimum Gasteiger partial charge on any atom is -0.192 e. The van der Waals surface area contributed by atoms with E-state index in [1.54, 1.807) is 0 Å². The lowest BCUT2D eigenvalue weighted by Crippen LogP contribution is -1.97. The van der Waals surface area contributed by atoms with Gasteiger partial charge in [-0.25, -0.2) is 0 Å². The van der Waals surface area contributed by atoms with Crippen molar-refractivity contribution in [2.24, 2.45) is 0 Å². The predicted octanol–water partition coefficient (Wildman–Crippen LogP) is 12.2. The maximum Gasteiger partial charge on any atom is 0.0991 e. The summed E-state index contributed by atoms with van der Waals surface area (Å²) in [5.41, 5.74) is 12.3. The molecule has 0 aliphatic carbocycles. The largest absolute Gasteiger partial charge is 0.192 e. The van der Waals surface area contributed by atoms with Crippen LogP contribution in [0, 0.1) is 11.3 Å². The van der Waals surface area contributed by atoms with Gasteiger partial charge in [0.1, 0.15) is 0 Å². The lowest BCUT2D eigenvalue weighted by molar-refractivity contribution is 1.48. The van der Waals surface area contributed by atoms with Crippen molar-refractivity contribution >= 4 is 32.7 Å². The summed E-state index contributed by atoms with van der Waals surface area (Å²) in [5.74, 6) is 0. The highest BCUT2D eigenvalue weighted by molar-refractivity contribution is 6.21. The minimum atomic E-state index is 0.660. The van der Waals surface area contributed by atoms with Crippen LogP contribution in [0.25, 0.3) is 54.9 Å². The van der Waals surface area contributed by atoms with Crippen LogP contribution in [-0.2, 0) is 0 Å². The first-order valence-corrected chi connectivity index (χ1v) is 16.3. The molecule has 0 aliphatic rings. The first-order valence-electron chi connectivity index (χ1n) is 16.3. The number of hydrogen-bond acceptors (Lipinski definition) is 1. The van der Waals surface area contributed by atoms with Crippen molar-refractivity contribution in [1.82, 2.24) is 0 Å². The number of rotatable bonds is 6. The van der Waals surface area contributed by atoms with Crippen LogP contribution in [0.2, 0.25) is 0 Å². The van der Waals surface area contributed by atoms with Crippen LogP contribution in [0.1, 0.15) is 27.8 Å². The normalized spacial score (nSPS) is 10.9. The summed E-state index contributed by atoms with van der Waals surface area (Å²) in [4.78, 5) is 0. The van der Waals surface area contributed by atoms with Gasteiger partial charge in [0.15, 0.2) is 0 Å². The average molecular weight is 610 g/mol. The highest BCUT2D eigenvalue weighted by Gasteiger charge is 2.19. The zero-order chi connectivity index (χ0) is 32.3. The Morgan fingerprint density at radius 3 is 1.12 bits per heavy atom. The molecule has 224 valence electrons. The third kappa shape index (κ3) is 5.26. The first kappa shape index (κ1) is 28.9. The number of hydrogen-bond donors (Lipinski definition) is 0. The molecule has 8 aromatic rings. The van der Waals surface area contributed by atoms with Crippen LogP contribution in [0.4, 0.5) is 0 Å². The van der Waals surface area contributed by atoms with Gasteiger partial charge in [-0.1, -0.05) is 176 Å². The molecule has 1 heteroatoms. The van der Waals surface area contributed by atoms with Gasteiger partial charge in [-0.15, -0.1) is 0 Å². The Kier molecular flexibility index (Phi) is 7.67. The summed E-state index contributed by atoms with van der Waals surface area (Å²) in [6, 6.07) is 68.8. The fraction of sp³-hybridized carbons (Fsp3) is 0. The van der Waals surface area contributed by atoms with E-state index in [1.165, 1.54) is 54.9 Å². The van der Waals surface area contributed by atoms with Crippen molar-refractivity contribution in [3.63, 3.8) is 0 Å². The first-order chi connectivity index (χ1) is 23.8. The van der Waals surface area contributed by atoms with E-state index < -0.39 is 0 Å². The lowest BCUT2D eigenvalue weighted by atomic mass is 9.84. The number of fused-ring (bicyclic) bond motifs is 2. The summed E-state index contributed by atoms with van der Waals surface area (Å²) in [6.07, 6.45) is 0. The lowest BCUT2D eigenvalue weighted by Gasteiger charge is -2.20. The Hall–Kier alpha value is -6.49. The predicted molar refractivity (Wildman–Crippen MR) is 201 cm³/mol. The van der Waals surface area contributed by atoms with Crippen molar-refractivity contribution < 1.29 is 0 Å². The summed E-state index contributed by atoms with van der Waals surface area (Å²) < 4.78 is 0. The van der Waals surface area contributed by atoms with Crippen molar-refractivity contribution in [2.45, 2.75) is 0 Å². The maximum absolute atomic E-state index is 9.67. The SMILES string of the molecule is N#Cc1cccc(-c2c3ccccc3c(-c3ccc(C(=C(c4ccccc4)c4ccccc4)c4ccccc4)cc3)c3ccccc23)c1. The molecule has 0 radical (unpaired) electrons. The molecule has 0 heterocycles. The Bertz CT molecular complexity index is 2370. The van der Waals surface area contributed by atoms with Crippen LogP contribution >= 0.6 is 0 Å². The molecule has 0 fully saturated rings. The van der Waals surface area contributed by atoms with Gasteiger partial charge in [-0.2, -0.15) is 5.26 Å². The van der Waals surface area contributed by atoms with E-state index in [0.29, 0.717) is 5.56 Å². The molecule has 0 bridgehead atoms. The van der Waals surface area contributed by atoms with Crippen LogP contribution in [0.3, 0.4) is 0 Å². The molecule has 8 rings (SSSR count). The minimum absolute atomic E-state index is 0.660. The average Bonchev–Trinajstić information content (AvgIpc) is 3.17. The van der Waals surface area contributed by atoms with Gasteiger partial charge in [0, 0.05) is 0 Å². The van der Waals surface area contributed by atoms with E-state index in [4.69, 9.17) is 0 Å². The third-order valence-corrected chi connectivity index (χ3v) is 9.11. The molecular weight excluding hydrogens is 579 g/mol. The van der Waals surface area contributed by atoms with Gasteiger partial charge in [0.25, 0.3) is 0 Å². The highest BCUT2D eigenvalue weighted by Crippen LogP contribution is 2.44. The number of nitriles is 1. The summed E-state index contributed by atoms with van der Waals surface area (Å²) >= 11 is 0. The van der Waals surface area contributed by atoms with E-state index in [1.807, 2.05) is 18.2 Å². The maximum atomic E-state index is 9.67. The number of benzene rings is 8. The highest BCUT2D eigenvalue weighted by atomic mass is 14.2. The van der Waals surface area contributed by atoms with Crippen LogP contribution in [-0.4, -0.2) is 0 Å². The van der Waals surface area contributed by atoms with Crippen LogP contribution in [0.15, 0.2) is 188 Å². The molecule has 8 aromatic carbocycles. The zero-order valence-corrected chi connectivity index (χ0v) is 26.3. The van der Waals surface area contributed by atoms with Crippen molar-refractivity contribution in [2.75, 3.05) is 0 Å². The quantitative estimate of drug-likeness (QED) is 0.136. The Morgan fingerprint density at radius 2 is 0.708 bits per heavy atom. The summed E-state index contributed by atoms with van der Waals surface area (Å²) in [6.45, 7) is 0. The van der Waals surface area contributed by atoms with Crippen LogP contribution < -0.4 is 0 Å². The van der Waals surface area contributed by atoms with E-state index in [9.17, 15) is 5.26 Å². The van der Waals surface area contributed by atoms with Crippen molar-refractivity contribution in [3.05, 3.63) is 216 Å². The Balaban J connectivity index is 1.37. The molecule has 48 heavy (non-hydrogen) atoms. The second-order valence-electron chi connectivity index (χ2n) is 12.0. The third-order valence-electron chi connectivity index (χ3n) is 9.11. The standard InChI is InChI=1S/C47H31N/c48-32-33-15-14-22-39(31-33)47-42-25-12-10-23-40(42)46(41-24-11-13-26-43(41)47)38-29-27-37(28-30-38)45(36-20-8-3-9-21-36)44(34-16-4-1-5-17-34)35-18-6-2-7-19-35/h1-31H. The van der Waals surface area contributed by atoms with E-state index in [0.717, 1.165) is 22.3 Å². The van der Waals surface area contributed by atoms with Gasteiger partial charge < -0.3 is 0 Å². The fourth-order valence-corrected chi connectivity index (χ4v) is 7.02. The zero-order valence-electron chi connectivity index (χ0n) is 26.3. The number of nitrogens with zero attached hydrogens (tertiary/aromatic N) is 1. The molecule has 0 aromatic heterocycles. The van der Waals surface area contributed by atoms with Crippen LogP contribution in [0.5, 0.6) is 0 Å². The van der Waals surface area contributed by atoms with Crippen molar-refractivity contribution in [1.29, 1.82) is 5.26 Å². The summed E-state index contributed by atoms with van der Waals surface area (Å²) in [5, 5.41) is 14.4. The summed E-state index contributed by atoms with van der Waals surface area (Å²) in [7, 11) is 0. The molecule has 0 saturated heterocycles. The van der Waals surface area contributed by atoms with Gasteiger partial charge in [-0.3, -0.25) is 0 Å². The molecule has 0 N–H and O–H groups in total. The fourth-order valence-electron chi connectivity index (χ4n) is 7.02. The Morgan fingerprint density at radius 1 is 0.333 bits per heavy atom. The molecule has 0 saturated carbocycles.